The Bertz CT molecular complexity index is 824. The minimum atomic E-state index is -0.0558. The molecule has 4 rings (SSSR count). The number of fused-ring (bicyclic) bond motifs is 3. The summed E-state index contributed by atoms with van der Waals surface area (Å²) in [5.41, 5.74) is 2.70. The van der Waals surface area contributed by atoms with Gasteiger partial charge in [-0.25, -0.2) is 0 Å². The first-order chi connectivity index (χ1) is 16.5. The normalized spacial score (nSPS) is 25.5. The zero-order chi connectivity index (χ0) is 24.1. The molecule has 3 atom stereocenters. The van der Waals surface area contributed by atoms with Crippen molar-refractivity contribution in [3.8, 4) is 11.5 Å². The van der Waals surface area contributed by atoms with Crippen LogP contribution in [0.1, 0.15) is 50.3 Å². The van der Waals surface area contributed by atoms with E-state index in [1.165, 1.54) is 17.5 Å². The van der Waals surface area contributed by atoms with Crippen molar-refractivity contribution in [3.63, 3.8) is 0 Å². The Labute approximate surface area is 205 Å². The Hall–Kier alpha value is -1.83. The monoisotopic (exact) mass is 473 g/mol. The first kappa shape index (κ1) is 25.3. The second-order valence-corrected chi connectivity index (χ2v) is 10.6. The van der Waals surface area contributed by atoms with Gasteiger partial charge >= 0.3 is 5.97 Å². The van der Waals surface area contributed by atoms with Crippen LogP contribution in [0.5, 0.6) is 11.5 Å². The maximum absolute atomic E-state index is 12.6. The van der Waals surface area contributed by atoms with E-state index < -0.39 is 0 Å². The van der Waals surface area contributed by atoms with Crippen LogP contribution in [-0.2, 0) is 16.0 Å². The molecule has 0 saturated carbocycles. The Morgan fingerprint density at radius 1 is 1.09 bits per heavy atom. The van der Waals surface area contributed by atoms with Crippen molar-refractivity contribution in [1.29, 1.82) is 0 Å². The van der Waals surface area contributed by atoms with Gasteiger partial charge in [0.2, 0.25) is 0 Å². The Kier molecular flexibility index (Phi) is 8.72. The number of hydrogen-bond acceptors (Lipinski definition) is 7. The fraction of sp³-hybridized carbons (Fsp3) is 0.741. The number of esters is 1. The van der Waals surface area contributed by atoms with E-state index in [0.717, 1.165) is 70.2 Å². The molecule has 7 heteroatoms. The van der Waals surface area contributed by atoms with Crippen molar-refractivity contribution in [2.24, 2.45) is 17.8 Å². The van der Waals surface area contributed by atoms with Gasteiger partial charge in [0.1, 0.15) is 0 Å². The highest BCUT2D eigenvalue weighted by Crippen LogP contribution is 2.45. The fourth-order valence-electron chi connectivity index (χ4n) is 6.04. The third kappa shape index (κ3) is 6.04. The van der Waals surface area contributed by atoms with Crippen LogP contribution in [0.2, 0.25) is 0 Å². The van der Waals surface area contributed by atoms with Crippen LogP contribution in [-0.4, -0.2) is 82.4 Å². The zero-order valence-electron chi connectivity index (χ0n) is 21.5. The van der Waals surface area contributed by atoms with Gasteiger partial charge in [0.15, 0.2) is 11.5 Å². The summed E-state index contributed by atoms with van der Waals surface area (Å²) in [5, 5.41) is 3.36. The van der Waals surface area contributed by atoms with Gasteiger partial charge in [-0.05, 0) is 60.3 Å². The topological polar surface area (TPSA) is 63.3 Å². The second-order valence-electron chi connectivity index (χ2n) is 10.6. The van der Waals surface area contributed by atoms with E-state index in [9.17, 15) is 4.79 Å². The summed E-state index contributed by atoms with van der Waals surface area (Å²) in [7, 11) is 3.40. The van der Waals surface area contributed by atoms with Gasteiger partial charge in [-0.2, -0.15) is 0 Å². The first-order valence-electron chi connectivity index (χ1n) is 13.1. The van der Waals surface area contributed by atoms with Crippen LogP contribution in [0.15, 0.2) is 12.1 Å². The van der Waals surface area contributed by atoms with Crippen molar-refractivity contribution in [3.05, 3.63) is 23.3 Å². The number of nitrogens with zero attached hydrogens (tertiary/aromatic N) is 2. The third-order valence-corrected chi connectivity index (χ3v) is 7.85. The number of rotatable bonds is 9. The van der Waals surface area contributed by atoms with E-state index in [1.807, 2.05) is 0 Å². The molecule has 0 radical (unpaired) electrons. The summed E-state index contributed by atoms with van der Waals surface area (Å²) in [5.74, 6) is 3.11. The molecule has 0 aromatic heterocycles. The van der Waals surface area contributed by atoms with Crippen molar-refractivity contribution in [1.82, 2.24) is 15.1 Å². The third-order valence-electron chi connectivity index (χ3n) is 7.85. The number of hydrogen-bond donors (Lipinski definition) is 1. The largest absolute Gasteiger partial charge is 0.493 e. The molecule has 7 nitrogen and oxygen atoms in total. The molecule has 0 unspecified atom stereocenters. The lowest BCUT2D eigenvalue weighted by molar-refractivity contribution is -0.147. The van der Waals surface area contributed by atoms with Gasteiger partial charge in [-0.3, -0.25) is 9.69 Å². The summed E-state index contributed by atoms with van der Waals surface area (Å²) >= 11 is 0. The molecule has 1 aromatic rings. The molecule has 3 aliphatic rings. The predicted octanol–water partition coefficient (Wildman–Crippen LogP) is 3.12. The number of nitrogens with one attached hydrogen (secondary N) is 1. The first-order valence-corrected chi connectivity index (χ1v) is 13.1. The van der Waals surface area contributed by atoms with Crippen LogP contribution >= 0.6 is 0 Å². The molecule has 2 fully saturated rings. The average Bonchev–Trinajstić information content (AvgIpc) is 2.85. The average molecular weight is 474 g/mol. The van der Waals surface area contributed by atoms with Crippen LogP contribution in [0, 0.1) is 17.8 Å². The van der Waals surface area contributed by atoms with E-state index in [-0.39, 0.29) is 5.97 Å². The van der Waals surface area contributed by atoms with Crippen molar-refractivity contribution >= 4 is 5.97 Å². The maximum atomic E-state index is 12.6. The molecule has 2 saturated heterocycles. The molecule has 0 bridgehead atoms. The molecule has 0 spiro atoms. The van der Waals surface area contributed by atoms with E-state index >= 15 is 0 Å². The summed E-state index contributed by atoms with van der Waals surface area (Å²) in [6.45, 7) is 12.1. The molecule has 34 heavy (non-hydrogen) atoms. The fourth-order valence-corrected chi connectivity index (χ4v) is 6.04. The van der Waals surface area contributed by atoms with Gasteiger partial charge in [0.05, 0.1) is 27.2 Å². The number of piperazine rings is 1. The number of ether oxygens (including phenoxy) is 3. The lowest BCUT2D eigenvalue weighted by atomic mass is 9.74. The van der Waals surface area contributed by atoms with Crippen LogP contribution < -0.4 is 14.8 Å². The van der Waals surface area contributed by atoms with Crippen LogP contribution in [0.3, 0.4) is 0 Å². The molecular weight excluding hydrogens is 430 g/mol. The molecule has 1 N–H and O–H groups in total. The van der Waals surface area contributed by atoms with E-state index in [0.29, 0.717) is 36.8 Å². The van der Waals surface area contributed by atoms with Crippen LogP contribution in [0.4, 0.5) is 0 Å². The Balaban J connectivity index is 1.42. The summed E-state index contributed by atoms with van der Waals surface area (Å²) in [4.78, 5) is 17.6. The number of piperidine rings is 1. The highest BCUT2D eigenvalue weighted by molar-refractivity contribution is 5.69. The van der Waals surface area contributed by atoms with Gasteiger partial charge < -0.3 is 24.4 Å². The standard InChI is InChI=1S/C27H43N3O4/c1-19(2)13-21-17-30-10-5-20-15-25(32-3)26(33-4)16-23(20)24(30)14-22(21)18-34-27(31)6-9-29-11-7-28-8-12-29/h15-16,19,21-22,24,28H,5-14,17-18H2,1-4H3/t21-,22+,24-/m1/s1. The number of carbonyl (C=O) groups excluding carboxylic acids is 1. The van der Waals surface area contributed by atoms with Gasteiger partial charge in [0.25, 0.3) is 0 Å². The van der Waals surface area contributed by atoms with E-state index in [2.05, 4.69) is 41.1 Å². The van der Waals surface area contributed by atoms with Gasteiger partial charge in [-0.15, -0.1) is 0 Å². The lowest BCUT2D eigenvalue weighted by Crippen LogP contribution is -2.47. The number of carbonyl (C=O) groups is 1. The molecule has 0 amide bonds. The quantitative estimate of drug-likeness (QED) is 0.553. The van der Waals surface area contributed by atoms with Crippen LogP contribution in [0.25, 0.3) is 0 Å². The summed E-state index contributed by atoms with van der Waals surface area (Å²) in [6, 6.07) is 4.66. The highest BCUT2D eigenvalue weighted by Gasteiger charge is 2.40. The number of methoxy groups -OCH3 is 2. The van der Waals surface area contributed by atoms with Crippen molar-refractivity contribution in [2.75, 3.05) is 66.6 Å². The minimum absolute atomic E-state index is 0.0558. The summed E-state index contributed by atoms with van der Waals surface area (Å²) < 4.78 is 17.1. The smallest absolute Gasteiger partial charge is 0.307 e. The number of benzene rings is 1. The van der Waals surface area contributed by atoms with E-state index in [4.69, 9.17) is 14.2 Å². The molecule has 190 valence electrons. The second kappa shape index (κ2) is 11.7. The molecule has 0 aliphatic carbocycles. The lowest BCUT2D eigenvalue weighted by Gasteiger charge is -2.47. The Morgan fingerprint density at radius 2 is 1.82 bits per heavy atom. The molecule has 3 heterocycles. The zero-order valence-corrected chi connectivity index (χ0v) is 21.5. The van der Waals surface area contributed by atoms with E-state index in [1.54, 1.807) is 14.2 Å². The minimum Gasteiger partial charge on any atom is -0.493 e. The summed E-state index contributed by atoms with van der Waals surface area (Å²) in [6.07, 6.45) is 3.71. The van der Waals surface area contributed by atoms with Crippen molar-refractivity contribution in [2.45, 2.75) is 45.6 Å². The Morgan fingerprint density at radius 3 is 2.53 bits per heavy atom. The molecule has 1 aromatic carbocycles. The SMILES string of the molecule is COc1cc2c(cc1OC)[C@H]1C[C@@H](COC(=O)CCN3CCNCC3)[C@H](CC(C)C)CN1CC2. The maximum Gasteiger partial charge on any atom is 0.307 e. The van der Waals surface area contributed by atoms with Crippen molar-refractivity contribution < 1.29 is 19.0 Å². The molecule has 3 aliphatic heterocycles. The molecular formula is C27H43N3O4. The highest BCUT2D eigenvalue weighted by atomic mass is 16.5. The van der Waals surface area contributed by atoms with Gasteiger partial charge in [0, 0.05) is 51.9 Å². The predicted molar refractivity (Wildman–Crippen MR) is 134 cm³/mol. The van der Waals surface area contributed by atoms with Gasteiger partial charge in [-0.1, -0.05) is 13.8 Å².